The van der Waals surface area contributed by atoms with Crippen LogP contribution < -0.4 is 0 Å². The summed E-state index contributed by atoms with van der Waals surface area (Å²) in [5.74, 6) is -4.12. The van der Waals surface area contributed by atoms with Gasteiger partial charge in [0.25, 0.3) is 5.78 Å². The molecular formula is C12H7F3N4O. The first-order chi connectivity index (χ1) is 9.50. The Kier molecular flexibility index (Phi) is 2.60. The molecule has 0 spiro atoms. The van der Waals surface area contributed by atoms with Crippen LogP contribution in [0.1, 0.15) is 5.69 Å². The van der Waals surface area contributed by atoms with Gasteiger partial charge >= 0.3 is 0 Å². The molecule has 5 nitrogen and oxygen atoms in total. The first-order valence-corrected chi connectivity index (χ1v) is 5.54. The summed E-state index contributed by atoms with van der Waals surface area (Å²) in [6, 6.07) is 1.44. The highest BCUT2D eigenvalue weighted by Crippen LogP contribution is 2.35. The summed E-state index contributed by atoms with van der Waals surface area (Å²) < 4.78 is 41.8. The van der Waals surface area contributed by atoms with Crippen LogP contribution in [0.5, 0.6) is 5.88 Å². The van der Waals surface area contributed by atoms with E-state index < -0.39 is 28.9 Å². The van der Waals surface area contributed by atoms with Crippen LogP contribution in [0.15, 0.2) is 18.5 Å². The summed E-state index contributed by atoms with van der Waals surface area (Å²) >= 11 is 0. The van der Waals surface area contributed by atoms with E-state index in [2.05, 4.69) is 15.1 Å². The van der Waals surface area contributed by atoms with Crippen molar-refractivity contribution >= 4 is 5.78 Å². The Balaban J connectivity index is 2.43. The van der Waals surface area contributed by atoms with Crippen LogP contribution in [0, 0.1) is 24.4 Å². The highest BCUT2D eigenvalue weighted by molar-refractivity contribution is 5.73. The number of rotatable bonds is 1. The molecule has 2 aromatic heterocycles. The van der Waals surface area contributed by atoms with Crippen molar-refractivity contribution in [3.63, 3.8) is 0 Å². The zero-order chi connectivity index (χ0) is 14.4. The van der Waals surface area contributed by atoms with E-state index in [-0.39, 0.29) is 17.0 Å². The minimum Gasteiger partial charge on any atom is -0.493 e. The number of aromatic nitrogens is 4. The average Bonchev–Trinajstić information content (AvgIpc) is 2.86. The lowest BCUT2D eigenvalue weighted by molar-refractivity contribution is 0.434. The number of fused-ring (bicyclic) bond motifs is 1. The third kappa shape index (κ3) is 1.61. The Labute approximate surface area is 110 Å². The van der Waals surface area contributed by atoms with Gasteiger partial charge in [0.1, 0.15) is 12.1 Å². The van der Waals surface area contributed by atoms with Gasteiger partial charge in [-0.1, -0.05) is 0 Å². The first-order valence-electron chi connectivity index (χ1n) is 5.54. The Bertz CT molecular complexity index is 831. The van der Waals surface area contributed by atoms with Crippen molar-refractivity contribution in [1.29, 1.82) is 0 Å². The fourth-order valence-electron chi connectivity index (χ4n) is 1.98. The Hall–Kier alpha value is -2.64. The molecule has 0 unspecified atom stereocenters. The van der Waals surface area contributed by atoms with Gasteiger partial charge in [-0.25, -0.2) is 18.2 Å². The molecule has 2 heterocycles. The summed E-state index contributed by atoms with van der Waals surface area (Å²) in [5, 5.41) is 13.8. The molecule has 3 rings (SSSR count). The number of halogens is 3. The van der Waals surface area contributed by atoms with Gasteiger partial charge in [-0.05, 0) is 19.1 Å². The summed E-state index contributed by atoms with van der Waals surface area (Å²) in [4.78, 5) is 7.72. The molecule has 0 radical (unpaired) electrons. The van der Waals surface area contributed by atoms with Crippen LogP contribution >= 0.6 is 0 Å². The van der Waals surface area contributed by atoms with Gasteiger partial charge in [0, 0.05) is 0 Å². The lowest BCUT2D eigenvalue weighted by Crippen LogP contribution is -2.02. The number of aromatic hydroxyl groups is 1. The Morgan fingerprint density at radius 1 is 1.10 bits per heavy atom. The molecule has 0 aliphatic rings. The molecule has 0 amide bonds. The second-order valence-corrected chi connectivity index (χ2v) is 4.09. The SMILES string of the molecule is Cc1nc2ncnn2c(O)c1-c1c(F)ccc(F)c1F. The third-order valence-corrected chi connectivity index (χ3v) is 2.88. The smallest absolute Gasteiger partial charge is 0.255 e. The van der Waals surface area contributed by atoms with Crippen LogP contribution in [0.25, 0.3) is 16.9 Å². The molecule has 0 atom stereocenters. The van der Waals surface area contributed by atoms with Crippen LogP contribution in [0.3, 0.4) is 0 Å². The van der Waals surface area contributed by atoms with Crippen molar-refractivity contribution in [3.8, 4) is 17.0 Å². The summed E-state index contributed by atoms with van der Waals surface area (Å²) in [7, 11) is 0. The van der Waals surface area contributed by atoms with Gasteiger partial charge in [-0.3, -0.25) is 0 Å². The second-order valence-electron chi connectivity index (χ2n) is 4.09. The van der Waals surface area contributed by atoms with Crippen LogP contribution in [-0.4, -0.2) is 24.7 Å². The van der Waals surface area contributed by atoms with E-state index in [1.165, 1.54) is 6.92 Å². The van der Waals surface area contributed by atoms with Gasteiger partial charge in [-0.15, -0.1) is 0 Å². The van der Waals surface area contributed by atoms with Gasteiger partial charge in [0.2, 0.25) is 5.88 Å². The maximum Gasteiger partial charge on any atom is 0.255 e. The molecule has 1 N–H and O–H groups in total. The molecule has 20 heavy (non-hydrogen) atoms. The monoisotopic (exact) mass is 280 g/mol. The van der Waals surface area contributed by atoms with Crippen molar-refractivity contribution in [2.24, 2.45) is 0 Å². The van der Waals surface area contributed by atoms with E-state index in [4.69, 9.17) is 0 Å². The predicted octanol–water partition coefficient (Wildman–Crippen LogP) is 2.22. The maximum atomic E-state index is 13.8. The lowest BCUT2D eigenvalue weighted by Gasteiger charge is -2.11. The highest BCUT2D eigenvalue weighted by Gasteiger charge is 2.23. The summed E-state index contributed by atoms with van der Waals surface area (Å²) in [6.07, 6.45) is 1.13. The van der Waals surface area contributed by atoms with Crippen molar-refractivity contribution in [1.82, 2.24) is 19.6 Å². The predicted molar refractivity (Wildman–Crippen MR) is 62.5 cm³/mol. The fourth-order valence-corrected chi connectivity index (χ4v) is 1.98. The zero-order valence-electron chi connectivity index (χ0n) is 10.1. The molecule has 3 aromatic rings. The number of hydrogen-bond acceptors (Lipinski definition) is 4. The van der Waals surface area contributed by atoms with E-state index in [1.54, 1.807) is 0 Å². The largest absolute Gasteiger partial charge is 0.493 e. The minimum absolute atomic E-state index is 0.0703. The molecular weight excluding hydrogens is 273 g/mol. The summed E-state index contributed by atoms with van der Waals surface area (Å²) in [6.45, 7) is 1.42. The number of nitrogens with zero attached hydrogens (tertiary/aromatic N) is 4. The second kappa shape index (κ2) is 4.19. The Morgan fingerprint density at radius 2 is 1.80 bits per heavy atom. The maximum absolute atomic E-state index is 13.8. The van der Waals surface area contributed by atoms with E-state index in [9.17, 15) is 18.3 Å². The van der Waals surface area contributed by atoms with Crippen LogP contribution in [0.4, 0.5) is 13.2 Å². The third-order valence-electron chi connectivity index (χ3n) is 2.88. The van der Waals surface area contributed by atoms with E-state index >= 15 is 0 Å². The fraction of sp³-hybridized carbons (Fsp3) is 0.0833. The molecule has 0 bridgehead atoms. The zero-order valence-corrected chi connectivity index (χ0v) is 10.1. The molecule has 0 saturated heterocycles. The molecule has 1 aromatic carbocycles. The lowest BCUT2D eigenvalue weighted by atomic mass is 10.0. The van der Waals surface area contributed by atoms with Gasteiger partial charge < -0.3 is 5.11 Å². The standard InChI is InChI=1S/C12H7F3N4O/c1-5-8(9-6(13)2-3-7(14)10(9)15)11(20)19-12(18-5)16-4-17-19/h2-4,20H,1H3. The Morgan fingerprint density at radius 3 is 2.55 bits per heavy atom. The molecule has 8 heteroatoms. The van der Waals surface area contributed by atoms with Gasteiger partial charge in [-0.2, -0.15) is 14.6 Å². The molecule has 0 aliphatic carbocycles. The molecule has 0 saturated carbocycles. The average molecular weight is 280 g/mol. The van der Waals surface area contributed by atoms with Crippen molar-refractivity contribution in [2.75, 3.05) is 0 Å². The number of hydrogen-bond donors (Lipinski definition) is 1. The molecule has 0 fully saturated rings. The number of benzene rings is 1. The van der Waals surface area contributed by atoms with E-state index in [0.29, 0.717) is 6.07 Å². The van der Waals surface area contributed by atoms with Gasteiger partial charge in [0.15, 0.2) is 11.6 Å². The van der Waals surface area contributed by atoms with Crippen molar-refractivity contribution in [3.05, 3.63) is 41.6 Å². The topological polar surface area (TPSA) is 63.3 Å². The number of aryl methyl sites for hydroxylation is 1. The van der Waals surface area contributed by atoms with E-state index in [1.807, 2.05) is 0 Å². The van der Waals surface area contributed by atoms with Crippen LogP contribution in [-0.2, 0) is 0 Å². The van der Waals surface area contributed by atoms with Crippen molar-refractivity contribution < 1.29 is 18.3 Å². The minimum atomic E-state index is -1.40. The first kappa shape index (κ1) is 12.4. The molecule has 102 valence electrons. The molecule has 0 aliphatic heterocycles. The van der Waals surface area contributed by atoms with E-state index in [0.717, 1.165) is 16.9 Å². The van der Waals surface area contributed by atoms with Crippen LogP contribution in [0.2, 0.25) is 0 Å². The van der Waals surface area contributed by atoms with Crippen molar-refractivity contribution in [2.45, 2.75) is 6.92 Å². The summed E-state index contributed by atoms with van der Waals surface area (Å²) in [5.41, 5.74) is -0.853. The normalized spacial score (nSPS) is 11.2. The van der Waals surface area contributed by atoms with Gasteiger partial charge in [0.05, 0.1) is 16.8 Å². The quantitative estimate of drug-likeness (QED) is 0.694. The highest BCUT2D eigenvalue weighted by atomic mass is 19.2.